The lowest BCUT2D eigenvalue weighted by atomic mass is 10.1. The zero-order chi connectivity index (χ0) is 8.55. The summed E-state index contributed by atoms with van der Waals surface area (Å²) in [5, 5.41) is 9.60. The highest BCUT2D eigenvalue weighted by Gasteiger charge is 2.35. The van der Waals surface area contributed by atoms with Gasteiger partial charge >= 0.3 is 0 Å². The van der Waals surface area contributed by atoms with E-state index in [4.69, 9.17) is 10.2 Å². The van der Waals surface area contributed by atoms with Crippen LogP contribution in [0.3, 0.4) is 0 Å². The number of oxazole rings is 1. The molecular weight excluding hydrogens is 156 g/mol. The van der Waals surface area contributed by atoms with Crippen molar-refractivity contribution < 1.29 is 9.52 Å². The maximum atomic E-state index is 9.60. The molecule has 0 amide bonds. The maximum Gasteiger partial charge on any atom is 0.213 e. The van der Waals surface area contributed by atoms with E-state index in [-0.39, 0.29) is 0 Å². The van der Waals surface area contributed by atoms with Gasteiger partial charge in [-0.15, -0.1) is 0 Å². The normalized spacial score (nSPS) is 22.2. The highest BCUT2D eigenvalue weighted by atomic mass is 16.3. The Labute approximate surface area is 70.4 Å². The molecule has 1 aromatic heterocycles. The van der Waals surface area contributed by atoms with Gasteiger partial charge in [0, 0.05) is 0 Å². The summed E-state index contributed by atoms with van der Waals surface area (Å²) in [6.07, 6.45) is 4.64. The molecule has 0 aliphatic heterocycles. The van der Waals surface area contributed by atoms with E-state index in [1.54, 1.807) is 0 Å². The zero-order valence-electron chi connectivity index (χ0n) is 6.68. The lowest BCUT2D eigenvalue weighted by Crippen LogP contribution is -2.28. The van der Waals surface area contributed by atoms with Crippen LogP contribution in [0.5, 0.6) is 0 Å². The summed E-state index contributed by atoms with van der Waals surface area (Å²) < 4.78 is 5.00. The van der Waals surface area contributed by atoms with Crippen LogP contribution in [-0.4, -0.2) is 16.2 Å². The molecule has 0 radical (unpaired) electrons. The molecule has 1 aliphatic rings. The largest absolute Gasteiger partial charge is 0.447 e. The number of aliphatic hydroxyl groups is 1. The second-order valence-corrected chi connectivity index (χ2v) is 3.22. The number of nitrogens with zero attached hydrogens (tertiary/aromatic N) is 1. The Kier molecular flexibility index (Phi) is 1.86. The molecule has 1 aliphatic carbocycles. The van der Waals surface area contributed by atoms with Gasteiger partial charge in [0.1, 0.15) is 12.3 Å². The molecule has 12 heavy (non-hydrogen) atoms. The number of aromatic nitrogens is 1. The first-order valence-corrected chi connectivity index (χ1v) is 4.12. The van der Waals surface area contributed by atoms with Gasteiger partial charge in [0.05, 0.1) is 12.3 Å². The van der Waals surface area contributed by atoms with Crippen LogP contribution in [0.4, 0.5) is 0 Å². The lowest BCUT2D eigenvalue weighted by molar-refractivity contribution is 0.111. The summed E-state index contributed by atoms with van der Waals surface area (Å²) in [6, 6.07) is -0.465. The lowest BCUT2D eigenvalue weighted by Gasteiger charge is -2.14. The van der Waals surface area contributed by atoms with Gasteiger partial charge in [0.2, 0.25) is 5.89 Å². The number of nitrogens with two attached hydrogens (primary N) is 1. The molecule has 1 saturated carbocycles. The molecule has 1 fully saturated rings. The standard InChI is InChI=1S/C8H12N2O2/c9-6(7(11)5-1-2-5)8-10-3-4-12-8/h3-7,11H,1-2,9H2. The summed E-state index contributed by atoms with van der Waals surface area (Å²) >= 11 is 0. The molecule has 4 nitrogen and oxygen atoms in total. The topological polar surface area (TPSA) is 72.3 Å². The van der Waals surface area contributed by atoms with Crippen molar-refractivity contribution in [3.05, 3.63) is 18.4 Å². The number of hydrogen-bond acceptors (Lipinski definition) is 4. The van der Waals surface area contributed by atoms with Crippen molar-refractivity contribution >= 4 is 0 Å². The summed E-state index contributed by atoms with van der Waals surface area (Å²) in [5.74, 6) is 0.779. The molecule has 2 rings (SSSR count). The first-order valence-electron chi connectivity index (χ1n) is 4.12. The molecule has 0 spiro atoms. The van der Waals surface area contributed by atoms with Crippen molar-refractivity contribution in [2.75, 3.05) is 0 Å². The second-order valence-electron chi connectivity index (χ2n) is 3.22. The third-order valence-electron chi connectivity index (χ3n) is 2.21. The Hall–Kier alpha value is -0.870. The molecule has 4 heteroatoms. The fourth-order valence-corrected chi connectivity index (χ4v) is 1.28. The van der Waals surface area contributed by atoms with Crippen LogP contribution in [0.2, 0.25) is 0 Å². The molecule has 1 heterocycles. The average Bonchev–Trinajstić information content (AvgIpc) is 2.79. The van der Waals surface area contributed by atoms with Crippen LogP contribution in [0, 0.1) is 5.92 Å². The predicted molar refractivity (Wildman–Crippen MR) is 42.2 cm³/mol. The van der Waals surface area contributed by atoms with Crippen LogP contribution in [0.1, 0.15) is 24.8 Å². The van der Waals surface area contributed by atoms with Gasteiger partial charge in [-0.1, -0.05) is 0 Å². The summed E-state index contributed by atoms with van der Waals surface area (Å²) in [6.45, 7) is 0. The van der Waals surface area contributed by atoms with Crippen LogP contribution in [0.15, 0.2) is 16.9 Å². The van der Waals surface area contributed by atoms with E-state index in [1.807, 2.05) is 0 Å². The van der Waals surface area contributed by atoms with Gasteiger partial charge in [-0.2, -0.15) is 0 Å². The van der Waals surface area contributed by atoms with Crippen molar-refractivity contribution in [2.45, 2.75) is 25.0 Å². The van der Waals surface area contributed by atoms with E-state index in [0.29, 0.717) is 11.8 Å². The Bertz CT molecular complexity index is 244. The van der Waals surface area contributed by atoms with Crippen LogP contribution < -0.4 is 5.73 Å². The molecule has 2 atom stereocenters. The SMILES string of the molecule is NC(c1ncco1)C(O)C1CC1. The maximum absolute atomic E-state index is 9.60. The Morgan fingerprint density at radius 2 is 2.42 bits per heavy atom. The number of rotatable bonds is 3. The summed E-state index contributed by atoms with van der Waals surface area (Å²) in [7, 11) is 0. The zero-order valence-corrected chi connectivity index (χ0v) is 6.68. The first-order chi connectivity index (χ1) is 5.79. The van der Waals surface area contributed by atoms with Crippen molar-refractivity contribution in [1.82, 2.24) is 4.98 Å². The summed E-state index contributed by atoms with van der Waals surface area (Å²) in [4.78, 5) is 3.90. The highest BCUT2D eigenvalue weighted by molar-refractivity contribution is 4.97. The molecule has 0 bridgehead atoms. The van der Waals surface area contributed by atoms with Crippen molar-refractivity contribution in [2.24, 2.45) is 11.7 Å². The third kappa shape index (κ3) is 1.35. The van der Waals surface area contributed by atoms with E-state index in [0.717, 1.165) is 12.8 Å². The van der Waals surface area contributed by atoms with Crippen molar-refractivity contribution in [3.63, 3.8) is 0 Å². The smallest absolute Gasteiger partial charge is 0.213 e. The first kappa shape index (κ1) is 7.76. The number of aliphatic hydroxyl groups excluding tert-OH is 1. The van der Waals surface area contributed by atoms with Gasteiger partial charge in [-0.3, -0.25) is 0 Å². The van der Waals surface area contributed by atoms with E-state index in [1.165, 1.54) is 12.5 Å². The predicted octanol–water partition coefficient (Wildman–Crippen LogP) is 0.445. The second kappa shape index (κ2) is 2.88. The van der Waals surface area contributed by atoms with Crippen molar-refractivity contribution in [3.8, 4) is 0 Å². The minimum Gasteiger partial charge on any atom is -0.447 e. The van der Waals surface area contributed by atoms with E-state index in [9.17, 15) is 5.11 Å². The summed E-state index contributed by atoms with van der Waals surface area (Å²) in [5.41, 5.74) is 5.72. The Morgan fingerprint density at radius 3 is 2.92 bits per heavy atom. The molecule has 66 valence electrons. The Morgan fingerprint density at radius 1 is 1.67 bits per heavy atom. The van der Waals surface area contributed by atoms with Crippen LogP contribution in [-0.2, 0) is 0 Å². The van der Waals surface area contributed by atoms with Gasteiger partial charge < -0.3 is 15.3 Å². The molecular formula is C8H12N2O2. The minimum absolute atomic E-state index is 0.354. The van der Waals surface area contributed by atoms with E-state index in [2.05, 4.69) is 4.98 Å². The van der Waals surface area contributed by atoms with Gasteiger partial charge in [-0.05, 0) is 18.8 Å². The molecule has 2 unspecified atom stereocenters. The van der Waals surface area contributed by atoms with Gasteiger partial charge in [0.15, 0.2) is 0 Å². The fraction of sp³-hybridized carbons (Fsp3) is 0.625. The van der Waals surface area contributed by atoms with E-state index >= 15 is 0 Å². The van der Waals surface area contributed by atoms with Crippen LogP contribution >= 0.6 is 0 Å². The van der Waals surface area contributed by atoms with Crippen LogP contribution in [0.25, 0.3) is 0 Å². The quantitative estimate of drug-likeness (QED) is 0.687. The van der Waals surface area contributed by atoms with E-state index < -0.39 is 12.1 Å². The van der Waals surface area contributed by atoms with Gasteiger partial charge in [0.25, 0.3) is 0 Å². The van der Waals surface area contributed by atoms with Gasteiger partial charge in [-0.25, -0.2) is 4.98 Å². The van der Waals surface area contributed by atoms with Crippen molar-refractivity contribution in [1.29, 1.82) is 0 Å². The molecule has 1 aromatic rings. The highest BCUT2D eigenvalue weighted by Crippen LogP contribution is 2.36. The molecule has 3 N–H and O–H groups in total. The minimum atomic E-state index is -0.497. The average molecular weight is 168 g/mol. The third-order valence-corrected chi connectivity index (χ3v) is 2.21. The number of hydrogen-bond donors (Lipinski definition) is 2. The fourth-order valence-electron chi connectivity index (χ4n) is 1.28. The molecule has 0 saturated heterocycles. The Balaban J connectivity index is 2.03. The molecule has 0 aromatic carbocycles. The monoisotopic (exact) mass is 168 g/mol.